The first-order valence-electron chi connectivity index (χ1n) is 9.57. The minimum absolute atomic E-state index is 0.112. The van der Waals surface area contributed by atoms with E-state index in [1.54, 1.807) is 0 Å². The summed E-state index contributed by atoms with van der Waals surface area (Å²) < 4.78 is 5.42. The van der Waals surface area contributed by atoms with E-state index in [1.807, 2.05) is 39.0 Å². The number of anilines is 2. The topological polar surface area (TPSA) is 67.4 Å². The standard InChI is InChI=1S/C21H32N2O3/c1-5-21(3,4)20(25)13-17-12-18(23-15(2)24)6-7-19(17)22-14-16-8-10-26-11-9-16/h6-7,12,16,22H,5,8-11,13-14H2,1-4H3,(H,23,24). The molecule has 0 saturated carbocycles. The number of carbonyl (C=O) groups excluding carboxylic acids is 2. The third-order valence-electron chi connectivity index (χ3n) is 5.34. The zero-order valence-electron chi connectivity index (χ0n) is 16.5. The van der Waals surface area contributed by atoms with Gasteiger partial charge in [0.2, 0.25) is 5.91 Å². The van der Waals surface area contributed by atoms with Crippen LogP contribution in [-0.2, 0) is 20.7 Å². The highest BCUT2D eigenvalue weighted by Crippen LogP contribution is 2.28. The van der Waals surface area contributed by atoms with Crippen LogP contribution in [-0.4, -0.2) is 31.4 Å². The minimum atomic E-state index is -0.345. The zero-order valence-corrected chi connectivity index (χ0v) is 16.5. The second-order valence-corrected chi connectivity index (χ2v) is 7.83. The van der Waals surface area contributed by atoms with Crippen molar-refractivity contribution in [3.63, 3.8) is 0 Å². The van der Waals surface area contributed by atoms with Gasteiger partial charge in [0.1, 0.15) is 5.78 Å². The van der Waals surface area contributed by atoms with E-state index in [-0.39, 0.29) is 17.1 Å². The van der Waals surface area contributed by atoms with Crippen LogP contribution in [0.5, 0.6) is 0 Å². The lowest BCUT2D eigenvalue weighted by molar-refractivity contribution is -0.126. The molecule has 5 heteroatoms. The Labute approximate surface area is 156 Å². The monoisotopic (exact) mass is 360 g/mol. The summed E-state index contributed by atoms with van der Waals surface area (Å²) in [4.78, 5) is 24.1. The molecule has 0 spiro atoms. The highest BCUT2D eigenvalue weighted by Gasteiger charge is 2.26. The van der Waals surface area contributed by atoms with Crippen molar-refractivity contribution in [2.75, 3.05) is 30.4 Å². The Bertz CT molecular complexity index is 634. The molecule has 1 aliphatic rings. The Hall–Kier alpha value is -1.88. The van der Waals surface area contributed by atoms with Crippen molar-refractivity contribution in [3.05, 3.63) is 23.8 Å². The fourth-order valence-corrected chi connectivity index (χ4v) is 3.01. The van der Waals surface area contributed by atoms with Gasteiger partial charge in [-0.05, 0) is 48.9 Å². The van der Waals surface area contributed by atoms with Crippen molar-refractivity contribution in [1.82, 2.24) is 0 Å². The normalized spacial score (nSPS) is 15.5. The van der Waals surface area contributed by atoms with Gasteiger partial charge in [-0.25, -0.2) is 0 Å². The van der Waals surface area contributed by atoms with Gasteiger partial charge < -0.3 is 15.4 Å². The van der Waals surface area contributed by atoms with Gasteiger partial charge >= 0.3 is 0 Å². The van der Waals surface area contributed by atoms with Crippen molar-refractivity contribution in [3.8, 4) is 0 Å². The fourth-order valence-electron chi connectivity index (χ4n) is 3.01. The van der Waals surface area contributed by atoms with Crippen molar-refractivity contribution in [2.24, 2.45) is 11.3 Å². The SMILES string of the molecule is CCC(C)(C)C(=O)Cc1cc(NC(C)=O)ccc1NCC1CCOCC1. The van der Waals surface area contributed by atoms with Crippen LogP contribution in [0.3, 0.4) is 0 Å². The molecular formula is C21H32N2O3. The molecule has 0 atom stereocenters. The van der Waals surface area contributed by atoms with Crippen LogP contribution in [0.15, 0.2) is 18.2 Å². The molecule has 1 saturated heterocycles. The number of benzene rings is 1. The first-order valence-corrected chi connectivity index (χ1v) is 9.57. The summed E-state index contributed by atoms with van der Waals surface area (Å²) in [7, 11) is 0. The van der Waals surface area contributed by atoms with Crippen LogP contribution in [0.2, 0.25) is 0 Å². The number of ketones is 1. The predicted octanol–water partition coefficient (Wildman–Crippen LogP) is 4.03. The maximum atomic E-state index is 12.7. The van der Waals surface area contributed by atoms with E-state index < -0.39 is 0 Å². The molecule has 1 fully saturated rings. The lowest BCUT2D eigenvalue weighted by Gasteiger charge is -2.25. The van der Waals surface area contributed by atoms with Gasteiger partial charge in [0, 0.05) is 49.9 Å². The summed E-state index contributed by atoms with van der Waals surface area (Å²) >= 11 is 0. The summed E-state index contributed by atoms with van der Waals surface area (Å²) in [5.74, 6) is 0.697. The van der Waals surface area contributed by atoms with Crippen LogP contribution in [0, 0.1) is 11.3 Å². The molecule has 0 unspecified atom stereocenters. The molecule has 2 rings (SSSR count). The maximum absolute atomic E-state index is 12.7. The molecule has 5 nitrogen and oxygen atoms in total. The fraction of sp³-hybridized carbons (Fsp3) is 0.619. The Kier molecular flexibility index (Phi) is 7.21. The number of amides is 1. The highest BCUT2D eigenvalue weighted by molar-refractivity contribution is 5.91. The second-order valence-electron chi connectivity index (χ2n) is 7.83. The van der Waals surface area contributed by atoms with Crippen molar-refractivity contribution in [2.45, 2.75) is 53.4 Å². The third kappa shape index (κ3) is 5.84. The van der Waals surface area contributed by atoms with E-state index in [1.165, 1.54) is 6.92 Å². The lowest BCUT2D eigenvalue weighted by atomic mass is 9.82. The average Bonchev–Trinajstić information content (AvgIpc) is 2.61. The summed E-state index contributed by atoms with van der Waals surface area (Å²) in [5, 5.41) is 6.33. The second kappa shape index (κ2) is 9.17. The number of rotatable bonds is 8. The molecule has 0 bridgehead atoms. The van der Waals surface area contributed by atoms with Gasteiger partial charge in [-0.15, -0.1) is 0 Å². The van der Waals surface area contributed by atoms with Crippen molar-refractivity contribution >= 4 is 23.1 Å². The van der Waals surface area contributed by atoms with E-state index >= 15 is 0 Å². The Morgan fingerprint density at radius 3 is 2.54 bits per heavy atom. The quantitative estimate of drug-likeness (QED) is 0.734. The number of ether oxygens (including phenoxy) is 1. The van der Waals surface area contributed by atoms with Crippen LogP contribution in [0.25, 0.3) is 0 Å². The van der Waals surface area contributed by atoms with Crippen LogP contribution in [0.1, 0.15) is 52.5 Å². The maximum Gasteiger partial charge on any atom is 0.221 e. The van der Waals surface area contributed by atoms with Crippen LogP contribution < -0.4 is 10.6 Å². The number of nitrogens with one attached hydrogen (secondary N) is 2. The van der Waals surface area contributed by atoms with Gasteiger partial charge in [0.05, 0.1) is 0 Å². The Morgan fingerprint density at radius 2 is 1.92 bits per heavy atom. The molecule has 2 N–H and O–H groups in total. The largest absolute Gasteiger partial charge is 0.385 e. The van der Waals surface area contributed by atoms with Gasteiger partial charge in [-0.3, -0.25) is 9.59 Å². The molecule has 1 aliphatic heterocycles. The molecule has 1 aromatic carbocycles. The van der Waals surface area contributed by atoms with Crippen LogP contribution in [0.4, 0.5) is 11.4 Å². The molecule has 144 valence electrons. The molecule has 1 amide bonds. The molecule has 1 aromatic rings. The molecule has 0 aromatic heterocycles. The first-order chi connectivity index (χ1) is 12.3. The van der Waals surface area contributed by atoms with Gasteiger partial charge in [0.15, 0.2) is 0 Å². The third-order valence-corrected chi connectivity index (χ3v) is 5.34. The van der Waals surface area contributed by atoms with Crippen LogP contribution >= 0.6 is 0 Å². The average molecular weight is 360 g/mol. The zero-order chi connectivity index (χ0) is 19.2. The number of hydrogen-bond donors (Lipinski definition) is 2. The molecule has 0 aliphatic carbocycles. The van der Waals surface area contributed by atoms with E-state index in [0.717, 1.165) is 56.0 Å². The van der Waals surface area contributed by atoms with E-state index in [4.69, 9.17) is 4.74 Å². The molecule has 0 radical (unpaired) electrons. The molecule has 26 heavy (non-hydrogen) atoms. The van der Waals surface area contributed by atoms with E-state index in [9.17, 15) is 9.59 Å². The lowest BCUT2D eigenvalue weighted by Crippen LogP contribution is -2.26. The number of hydrogen-bond acceptors (Lipinski definition) is 4. The smallest absolute Gasteiger partial charge is 0.221 e. The highest BCUT2D eigenvalue weighted by atomic mass is 16.5. The summed E-state index contributed by atoms with van der Waals surface area (Å²) in [6.45, 7) is 10.0. The summed E-state index contributed by atoms with van der Waals surface area (Å²) in [6.07, 6.45) is 3.30. The number of Topliss-reactive ketones (excluding diaryl/α,β-unsaturated/α-hetero) is 1. The first kappa shape index (κ1) is 20.4. The molecule has 1 heterocycles. The van der Waals surface area contributed by atoms with Gasteiger partial charge in [0.25, 0.3) is 0 Å². The van der Waals surface area contributed by atoms with Crippen molar-refractivity contribution < 1.29 is 14.3 Å². The minimum Gasteiger partial charge on any atom is -0.385 e. The van der Waals surface area contributed by atoms with Gasteiger partial charge in [-0.1, -0.05) is 20.8 Å². The Balaban J connectivity index is 2.16. The summed E-state index contributed by atoms with van der Waals surface area (Å²) in [6, 6.07) is 5.76. The summed E-state index contributed by atoms with van der Waals surface area (Å²) in [5.41, 5.74) is 2.30. The van der Waals surface area contributed by atoms with E-state index in [0.29, 0.717) is 12.3 Å². The van der Waals surface area contributed by atoms with Crippen molar-refractivity contribution in [1.29, 1.82) is 0 Å². The molecular weight excluding hydrogens is 328 g/mol. The van der Waals surface area contributed by atoms with E-state index in [2.05, 4.69) is 10.6 Å². The Morgan fingerprint density at radius 1 is 1.23 bits per heavy atom. The van der Waals surface area contributed by atoms with Gasteiger partial charge in [-0.2, -0.15) is 0 Å². The number of carbonyl (C=O) groups is 2. The predicted molar refractivity (Wildman–Crippen MR) is 106 cm³/mol.